The van der Waals surface area contributed by atoms with Crippen molar-refractivity contribution in [3.8, 4) is 0 Å². The van der Waals surface area contributed by atoms with E-state index in [9.17, 15) is 0 Å². The number of hydrogen-bond acceptors (Lipinski definition) is 2. The third kappa shape index (κ3) is 5.92. The van der Waals surface area contributed by atoms with Crippen LogP contribution in [-0.4, -0.2) is 32.1 Å². The third-order valence-corrected chi connectivity index (χ3v) is 0.907. The van der Waals surface area contributed by atoms with E-state index >= 15 is 0 Å². The Hall–Kier alpha value is -0.0800. The van der Waals surface area contributed by atoms with Crippen molar-refractivity contribution in [2.45, 2.75) is 6.92 Å². The molecule has 1 radical (unpaired) electrons. The molecule has 0 amide bonds. The van der Waals surface area contributed by atoms with Crippen molar-refractivity contribution in [2.75, 3.05) is 27.2 Å². The molecule has 8 heavy (non-hydrogen) atoms. The van der Waals surface area contributed by atoms with Gasteiger partial charge in [-0.2, -0.15) is 0 Å². The SMILES string of the molecule is C[CH]NCCN(C)C. The molecule has 0 aromatic carbocycles. The molecule has 0 heterocycles. The van der Waals surface area contributed by atoms with Gasteiger partial charge in [-0.05, 0) is 21.0 Å². The normalized spacial score (nSPS) is 10.5. The lowest BCUT2D eigenvalue weighted by Crippen LogP contribution is -2.24. The maximum Gasteiger partial charge on any atom is 0.0190 e. The van der Waals surface area contributed by atoms with Crippen molar-refractivity contribution in [3.05, 3.63) is 6.54 Å². The molecule has 0 atom stereocenters. The van der Waals surface area contributed by atoms with Crippen LogP contribution in [0.4, 0.5) is 0 Å². The van der Waals surface area contributed by atoms with Gasteiger partial charge in [0.2, 0.25) is 0 Å². The zero-order valence-corrected chi connectivity index (χ0v) is 5.94. The summed E-state index contributed by atoms with van der Waals surface area (Å²) < 4.78 is 0. The van der Waals surface area contributed by atoms with Gasteiger partial charge in [0.25, 0.3) is 0 Å². The van der Waals surface area contributed by atoms with Gasteiger partial charge in [-0.25, -0.2) is 0 Å². The Labute approximate surface area is 51.9 Å². The van der Waals surface area contributed by atoms with E-state index in [1.165, 1.54) is 0 Å². The monoisotopic (exact) mass is 115 g/mol. The lowest BCUT2D eigenvalue weighted by atomic mass is 10.5. The van der Waals surface area contributed by atoms with Crippen molar-refractivity contribution in [1.82, 2.24) is 10.2 Å². The van der Waals surface area contributed by atoms with E-state index in [2.05, 4.69) is 24.3 Å². The molecule has 0 aliphatic heterocycles. The minimum absolute atomic E-state index is 1.05. The summed E-state index contributed by atoms with van der Waals surface area (Å²) in [6, 6.07) is 0. The van der Waals surface area contributed by atoms with Gasteiger partial charge < -0.3 is 10.2 Å². The molecule has 0 bridgehead atoms. The van der Waals surface area contributed by atoms with E-state index in [-0.39, 0.29) is 0 Å². The molecular weight excluding hydrogens is 100 g/mol. The first-order chi connectivity index (χ1) is 3.77. The fourth-order valence-electron chi connectivity index (χ4n) is 0.432. The van der Waals surface area contributed by atoms with Crippen LogP contribution in [0.25, 0.3) is 0 Å². The van der Waals surface area contributed by atoms with Crippen LogP contribution in [0, 0.1) is 6.54 Å². The van der Waals surface area contributed by atoms with Gasteiger partial charge in [0.15, 0.2) is 0 Å². The molecule has 0 unspecified atom stereocenters. The summed E-state index contributed by atoms with van der Waals surface area (Å²) in [5.74, 6) is 0. The molecule has 2 heteroatoms. The van der Waals surface area contributed by atoms with Crippen LogP contribution < -0.4 is 5.32 Å². The van der Waals surface area contributed by atoms with Gasteiger partial charge in [0.05, 0.1) is 0 Å². The maximum absolute atomic E-state index is 3.11. The van der Waals surface area contributed by atoms with Gasteiger partial charge >= 0.3 is 0 Å². The molecule has 0 aliphatic rings. The third-order valence-electron chi connectivity index (χ3n) is 0.907. The second kappa shape index (κ2) is 5.06. The molecule has 0 aliphatic carbocycles. The number of hydrogen-bond donors (Lipinski definition) is 1. The summed E-state index contributed by atoms with van der Waals surface area (Å²) in [4.78, 5) is 2.15. The second-order valence-corrected chi connectivity index (χ2v) is 2.05. The topological polar surface area (TPSA) is 15.3 Å². The lowest BCUT2D eigenvalue weighted by Gasteiger charge is -2.07. The molecule has 0 spiro atoms. The van der Waals surface area contributed by atoms with Crippen molar-refractivity contribution in [2.24, 2.45) is 0 Å². The fourth-order valence-corrected chi connectivity index (χ4v) is 0.432. The van der Waals surface area contributed by atoms with Crippen LogP contribution >= 0.6 is 0 Å². The highest BCUT2D eigenvalue weighted by Crippen LogP contribution is 1.70. The van der Waals surface area contributed by atoms with Gasteiger partial charge in [-0.1, -0.05) is 0 Å². The van der Waals surface area contributed by atoms with Gasteiger partial charge in [0.1, 0.15) is 0 Å². The minimum Gasteiger partial charge on any atom is -0.311 e. The Bertz CT molecular complexity index is 43.8. The smallest absolute Gasteiger partial charge is 0.0190 e. The lowest BCUT2D eigenvalue weighted by molar-refractivity contribution is 0.407. The summed E-state index contributed by atoms with van der Waals surface area (Å²) in [5, 5.41) is 3.11. The zero-order valence-electron chi connectivity index (χ0n) is 5.94. The number of nitrogens with one attached hydrogen (secondary N) is 1. The molecular formula is C6H15N2. The quantitative estimate of drug-likeness (QED) is 0.531. The van der Waals surface area contributed by atoms with E-state index in [4.69, 9.17) is 0 Å². The fraction of sp³-hybridized carbons (Fsp3) is 0.833. The van der Waals surface area contributed by atoms with Gasteiger partial charge in [-0.15, -0.1) is 0 Å². The minimum atomic E-state index is 1.05. The number of rotatable bonds is 4. The number of likely N-dealkylation sites (N-methyl/N-ethyl adjacent to an activating group) is 1. The second-order valence-electron chi connectivity index (χ2n) is 2.05. The first kappa shape index (κ1) is 7.92. The standard InChI is InChI=1S/C6H15N2/c1-4-7-5-6-8(2)3/h4,7H,5-6H2,1-3H3. The average Bonchev–Trinajstić information content (AvgIpc) is 1.66. The summed E-state index contributed by atoms with van der Waals surface area (Å²) >= 11 is 0. The van der Waals surface area contributed by atoms with Crippen LogP contribution in [0.15, 0.2) is 0 Å². The van der Waals surface area contributed by atoms with Crippen LogP contribution in [0.1, 0.15) is 6.92 Å². The predicted molar refractivity (Wildman–Crippen MR) is 36.5 cm³/mol. The van der Waals surface area contributed by atoms with Gasteiger partial charge in [0, 0.05) is 19.6 Å². The maximum atomic E-state index is 3.11. The molecule has 0 saturated carbocycles. The molecule has 0 aromatic heterocycles. The molecule has 0 rings (SSSR count). The highest BCUT2D eigenvalue weighted by atomic mass is 15.1. The van der Waals surface area contributed by atoms with Crippen molar-refractivity contribution >= 4 is 0 Å². The Morgan fingerprint density at radius 1 is 1.50 bits per heavy atom. The van der Waals surface area contributed by atoms with E-state index in [0.29, 0.717) is 0 Å². The Balaban J connectivity index is 2.72. The average molecular weight is 115 g/mol. The Morgan fingerprint density at radius 3 is 2.50 bits per heavy atom. The van der Waals surface area contributed by atoms with Crippen molar-refractivity contribution in [1.29, 1.82) is 0 Å². The molecule has 2 nitrogen and oxygen atoms in total. The molecule has 0 saturated heterocycles. The summed E-state index contributed by atoms with van der Waals surface area (Å²) in [7, 11) is 4.13. The zero-order chi connectivity index (χ0) is 6.41. The largest absolute Gasteiger partial charge is 0.311 e. The van der Waals surface area contributed by atoms with Crippen molar-refractivity contribution < 1.29 is 0 Å². The van der Waals surface area contributed by atoms with Crippen LogP contribution in [0.5, 0.6) is 0 Å². The molecule has 1 N–H and O–H groups in total. The molecule has 49 valence electrons. The van der Waals surface area contributed by atoms with Gasteiger partial charge in [-0.3, -0.25) is 0 Å². The predicted octanol–water partition coefficient (Wildman–Crippen LogP) is 0.319. The summed E-state index contributed by atoms with van der Waals surface area (Å²) in [5.41, 5.74) is 0. The van der Waals surface area contributed by atoms with Crippen LogP contribution in [0.3, 0.4) is 0 Å². The highest BCUT2D eigenvalue weighted by molar-refractivity contribution is 4.54. The van der Waals surface area contributed by atoms with E-state index < -0.39 is 0 Å². The van der Waals surface area contributed by atoms with E-state index in [1.54, 1.807) is 0 Å². The molecule has 0 aromatic rings. The first-order valence-electron chi connectivity index (χ1n) is 2.93. The Kier molecular flexibility index (Phi) is 5.01. The van der Waals surface area contributed by atoms with E-state index in [0.717, 1.165) is 13.1 Å². The van der Waals surface area contributed by atoms with Crippen molar-refractivity contribution in [3.63, 3.8) is 0 Å². The summed E-state index contributed by atoms with van der Waals surface area (Å²) in [6.07, 6.45) is 0. The molecule has 0 fully saturated rings. The van der Waals surface area contributed by atoms with Crippen LogP contribution in [-0.2, 0) is 0 Å². The first-order valence-corrected chi connectivity index (χ1v) is 2.93. The van der Waals surface area contributed by atoms with E-state index in [1.807, 2.05) is 13.5 Å². The number of nitrogens with zero attached hydrogens (tertiary/aromatic N) is 1. The highest BCUT2D eigenvalue weighted by Gasteiger charge is 1.85. The van der Waals surface area contributed by atoms with Crippen LogP contribution in [0.2, 0.25) is 0 Å². The Morgan fingerprint density at radius 2 is 2.12 bits per heavy atom. The summed E-state index contributed by atoms with van der Waals surface area (Å²) in [6.45, 7) is 6.10.